The van der Waals surface area contributed by atoms with Gasteiger partial charge in [-0.05, 0) is 132 Å². The summed E-state index contributed by atoms with van der Waals surface area (Å²) in [6.07, 6.45) is 0. The predicted octanol–water partition coefficient (Wildman–Crippen LogP) is 17.1. The molecule has 0 aliphatic heterocycles. The number of rotatable bonds is 8. The number of fused-ring (bicyclic) bond motifs is 4. The number of hydrogen-bond acceptors (Lipinski definition) is 1. The average molecular weight is 810 g/mol. The third-order valence-electron chi connectivity index (χ3n) is 12.9. The standard InChI is InChI=1S/C61H44FN/c1-61(2)56-27-10-9-23-54(56)60-53(26-14-28-57(60)61)47-21-11-22-50(39-47)63(58-38-33-46(41-15-5-3-6-16-41)40-55(58)42-17-7-4-8-18-42)49-36-31-44(32-37-49)52-25-13-20-45-19-12-24-51(59(45)52)43-29-34-48(62)35-30-43/h3-40H,1-2H3. The summed E-state index contributed by atoms with van der Waals surface area (Å²) >= 11 is 0. The molecule has 1 aliphatic rings. The molecule has 300 valence electrons. The molecule has 0 radical (unpaired) electrons. The Morgan fingerprint density at radius 1 is 0.349 bits per heavy atom. The fraction of sp³-hybridized carbons (Fsp3) is 0.0492. The smallest absolute Gasteiger partial charge is 0.123 e. The van der Waals surface area contributed by atoms with Crippen molar-refractivity contribution in [1.82, 2.24) is 0 Å². The van der Waals surface area contributed by atoms with Crippen LogP contribution in [0.5, 0.6) is 0 Å². The SMILES string of the molecule is CC1(C)c2ccccc2-c2c(-c3cccc(N(c4ccc(-c5cccc6cccc(-c7ccc(F)cc7)c56)cc4)c4ccc(-c5ccccc5)cc4-c4ccccc4)c3)cccc21. The van der Waals surface area contributed by atoms with Crippen molar-refractivity contribution < 1.29 is 4.39 Å². The van der Waals surface area contributed by atoms with Gasteiger partial charge in [-0.15, -0.1) is 0 Å². The lowest BCUT2D eigenvalue weighted by atomic mass is 9.82. The molecule has 0 unspecified atom stereocenters. The largest absolute Gasteiger partial charge is 0.310 e. The molecule has 1 nitrogen and oxygen atoms in total. The van der Waals surface area contributed by atoms with E-state index in [0.29, 0.717) is 0 Å². The molecule has 0 atom stereocenters. The van der Waals surface area contributed by atoms with Crippen molar-refractivity contribution >= 4 is 27.8 Å². The fourth-order valence-electron chi connectivity index (χ4n) is 9.87. The van der Waals surface area contributed by atoms with Crippen LogP contribution in [0, 0.1) is 5.82 Å². The Bertz CT molecular complexity index is 3290. The summed E-state index contributed by atoms with van der Waals surface area (Å²) in [6, 6.07) is 81.6. The molecule has 2 heteroatoms. The van der Waals surface area contributed by atoms with Crippen molar-refractivity contribution in [1.29, 1.82) is 0 Å². The van der Waals surface area contributed by atoms with Crippen LogP contribution >= 0.6 is 0 Å². The van der Waals surface area contributed by atoms with Crippen molar-refractivity contribution in [3.05, 3.63) is 247 Å². The van der Waals surface area contributed by atoms with Crippen LogP contribution in [-0.2, 0) is 5.41 Å². The average Bonchev–Trinajstić information content (AvgIpc) is 3.58. The molecule has 0 saturated heterocycles. The second-order valence-corrected chi connectivity index (χ2v) is 17.0. The minimum atomic E-state index is -0.239. The van der Waals surface area contributed by atoms with Gasteiger partial charge in [0.15, 0.2) is 0 Å². The number of nitrogens with zero attached hydrogens (tertiary/aromatic N) is 1. The van der Waals surface area contributed by atoms with Crippen LogP contribution in [0.1, 0.15) is 25.0 Å². The molecule has 63 heavy (non-hydrogen) atoms. The maximum atomic E-state index is 14.1. The van der Waals surface area contributed by atoms with Gasteiger partial charge in [0.2, 0.25) is 0 Å². The molecule has 0 fully saturated rings. The van der Waals surface area contributed by atoms with E-state index < -0.39 is 0 Å². The van der Waals surface area contributed by atoms with Crippen LogP contribution in [-0.4, -0.2) is 0 Å². The van der Waals surface area contributed by atoms with Gasteiger partial charge in [-0.25, -0.2) is 4.39 Å². The molecular formula is C61H44FN. The lowest BCUT2D eigenvalue weighted by Crippen LogP contribution is -2.14. The zero-order valence-corrected chi connectivity index (χ0v) is 35.3. The molecule has 0 spiro atoms. The minimum absolute atomic E-state index is 0.0950. The van der Waals surface area contributed by atoms with Gasteiger partial charge in [-0.2, -0.15) is 0 Å². The molecule has 0 heterocycles. The van der Waals surface area contributed by atoms with Gasteiger partial charge < -0.3 is 4.90 Å². The quantitative estimate of drug-likeness (QED) is 0.148. The zero-order chi connectivity index (χ0) is 42.5. The van der Waals surface area contributed by atoms with Crippen molar-refractivity contribution in [2.75, 3.05) is 4.90 Å². The molecule has 0 saturated carbocycles. The van der Waals surface area contributed by atoms with E-state index in [1.807, 2.05) is 12.1 Å². The second-order valence-electron chi connectivity index (χ2n) is 17.0. The monoisotopic (exact) mass is 809 g/mol. The Morgan fingerprint density at radius 3 is 1.59 bits per heavy atom. The van der Waals surface area contributed by atoms with Crippen molar-refractivity contribution in [2.45, 2.75) is 19.3 Å². The van der Waals surface area contributed by atoms with E-state index in [-0.39, 0.29) is 11.2 Å². The number of anilines is 3. The molecule has 0 bridgehead atoms. The van der Waals surface area contributed by atoms with Crippen molar-refractivity contribution in [3.8, 4) is 66.8 Å². The van der Waals surface area contributed by atoms with Gasteiger partial charge in [-0.1, -0.05) is 196 Å². The van der Waals surface area contributed by atoms with Crippen LogP contribution in [0.25, 0.3) is 77.5 Å². The van der Waals surface area contributed by atoms with E-state index >= 15 is 0 Å². The van der Waals surface area contributed by atoms with Gasteiger partial charge in [0, 0.05) is 22.4 Å². The van der Waals surface area contributed by atoms with Crippen LogP contribution in [0.4, 0.5) is 21.5 Å². The Labute approximate surface area is 369 Å². The Morgan fingerprint density at radius 2 is 0.873 bits per heavy atom. The first kappa shape index (κ1) is 38.1. The first-order valence-corrected chi connectivity index (χ1v) is 21.7. The number of benzene rings is 10. The van der Waals surface area contributed by atoms with Gasteiger partial charge in [-0.3, -0.25) is 0 Å². The Hall–Kier alpha value is -7.81. The summed E-state index contributed by atoms with van der Waals surface area (Å²) in [5, 5.41) is 2.29. The first-order valence-electron chi connectivity index (χ1n) is 21.7. The Kier molecular flexibility index (Phi) is 9.43. The second kappa shape index (κ2) is 15.6. The highest BCUT2D eigenvalue weighted by Crippen LogP contribution is 2.53. The molecular weight excluding hydrogens is 766 g/mol. The molecule has 0 amide bonds. The summed E-state index contributed by atoms with van der Waals surface area (Å²) in [5.41, 5.74) is 19.8. The topological polar surface area (TPSA) is 3.24 Å². The normalized spacial score (nSPS) is 12.5. The molecule has 10 aromatic rings. The summed E-state index contributed by atoms with van der Waals surface area (Å²) in [6.45, 7) is 4.69. The van der Waals surface area contributed by atoms with E-state index in [4.69, 9.17) is 0 Å². The van der Waals surface area contributed by atoms with Crippen LogP contribution in [0.3, 0.4) is 0 Å². The molecule has 0 N–H and O–H groups in total. The van der Waals surface area contributed by atoms with E-state index in [1.54, 1.807) is 0 Å². The Balaban J connectivity index is 1.10. The summed E-state index contributed by atoms with van der Waals surface area (Å²) in [4.78, 5) is 2.42. The number of halogens is 1. The fourth-order valence-corrected chi connectivity index (χ4v) is 9.87. The summed E-state index contributed by atoms with van der Waals surface area (Å²) < 4.78 is 14.1. The van der Waals surface area contributed by atoms with Gasteiger partial charge in [0.25, 0.3) is 0 Å². The third kappa shape index (κ3) is 6.72. The third-order valence-corrected chi connectivity index (χ3v) is 12.9. The molecule has 11 rings (SSSR count). The lowest BCUT2D eigenvalue weighted by Gasteiger charge is -2.29. The maximum absolute atomic E-state index is 14.1. The highest BCUT2D eigenvalue weighted by Gasteiger charge is 2.36. The van der Waals surface area contributed by atoms with E-state index in [2.05, 4.69) is 225 Å². The molecule has 0 aromatic heterocycles. The maximum Gasteiger partial charge on any atom is 0.123 e. The van der Waals surface area contributed by atoms with Gasteiger partial charge in [0.1, 0.15) is 5.82 Å². The summed E-state index contributed by atoms with van der Waals surface area (Å²) in [7, 11) is 0. The van der Waals surface area contributed by atoms with Gasteiger partial charge >= 0.3 is 0 Å². The van der Waals surface area contributed by atoms with E-state index in [9.17, 15) is 4.39 Å². The minimum Gasteiger partial charge on any atom is -0.310 e. The van der Waals surface area contributed by atoms with Crippen LogP contribution in [0.15, 0.2) is 231 Å². The van der Waals surface area contributed by atoms with Crippen LogP contribution < -0.4 is 4.90 Å². The van der Waals surface area contributed by atoms with Gasteiger partial charge in [0.05, 0.1) is 5.69 Å². The molecule has 1 aliphatic carbocycles. The van der Waals surface area contributed by atoms with E-state index in [0.717, 1.165) is 66.8 Å². The first-order chi connectivity index (χ1) is 30.9. The lowest BCUT2D eigenvalue weighted by molar-refractivity contribution is 0.628. The summed E-state index contributed by atoms with van der Waals surface area (Å²) in [5.74, 6) is -0.239. The highest BCUT2D eigenvalue weighted by molar-refractivity contribution is 6.06. The van der Waals surface area contributed by atoms with Crippen molar-refractivity contribution in [3.63, 3.8) is 0 Å². The number of hydrogen-bond donors (Lipinski definition) is 0. The molecule has 10 aromatic carbocycles. The van der Waals surface area contributed by atoms with Crippen LogP contribution in [0.2, 0.25) is 0 Å². The van der Waals surface area contributed by atoms with Crippen molar-refractivity contribution in [2.24, 2.45) is 0 Å². The predicted molar refractivity (Wildman–Crippen MR) is 263 cm³/mol. The highest BCUT2D eigenvalue weighted by atomic mass is 19.1. The zero-order valence-electron chi connectivity index (χ0n) is 35.3. The van der Waals surface area contributed by atoms with E-state index in [1.165, 1.54) is 51.1 Å².